The minimum atomic E-state index is -0.565. The molecule has 1 aromatic heterocycles. The molecule has 0 radical (unpaired) electrons. The number of rotatable bonds is 6. The zero-order valence-electron chi connectivity index (χ0n) is 9.55. The summed E-state index contributed by atoms with van der Waals surface area (Å²) in [7, 11) is 0. The van der Waals surface area contributed by atoms with Gasteiger partial charge >= 0.3 is 5.97 Å². The van der Waals surface area contributed by atoms with Gasteiger partial charge in [0.05, 0.1) is 12.3 Å². The lowest BCUT2D eigenvalue weighted by Gasteiger charge is -2.05. The van der Waals surface area contributed by atoms with Gasteiger partial charge in [-0.1, -0.05) is 13.0 Å². The Morgan fingerprint density at radius 1 is 1.53 bits per heavy atom. The van der Waals surface area contributed by atoms with Crippen LogP contribution < -0.4 is 5.32 Å². The van der Waals surface area contributed by atoms with E-state index in [1.807, 2.05) is 6.92 Å². The first-order valence-electron chi connectivity index (χ1n) is 5.28. The topological polar surface area (TPSA) is 68.3 Å². The maximum Gasteiger partial charge on any atom is 0.354 e. The van der Waals surface area contributed by atoms with Crippen molar-refractivity contribution in [1.29, 1.82) is 0 Å². The van der Waals surface area contributed by atoms with Crippen molar-refractivity contribution in [3.8, 4) is 0 Å². The Morgan fingerprint density at radius 2 is 2.35 bits per heavy atom. The number of carbonyl (C=O) groups is 2. The number of ether oxygens (including phenoxy) is 1. The van der Waals surface area contributed by atoms with E-state index in [1.165, 1.54) is 6.08 Å². The molecule has 0 aliphatic carbocycles. The van der Waals surface area contributed by atoms with Crippen LogP contribution in [0.4, 0.5) is 0 Å². The van der Waals surface area contributed by atoms with Crippen LogP contribution in [-0.4, -0.2) is 24.0 Å². The molecule has 5 heteroatoms. The highest BCUT2D eigenvalue weighted by atomic mass is 16.5. The van der Waals surface area contributed by atoms with E-state index >= 15 is 0 Å². The number of amides is 1. The van der Waals surface area contributed by atoms with Crippen LogP contribution in [0.3, 0.4) is 0 Å². The quantitative estimate of drug-likeness (QED) is 0.455. The van der Waals surface area contributed by atoms with Gasteiger partial charge in [0.15, 0.2) is 0 Å². The summed E-state index contributed by atoms with van der Waals surface area (Å²) in [6, 6.07) is 5.27. The molecule has 1 aromatic rings. The maximum atomic E-state index is 11.6. The molecule has 0 atom stereocenters. The molecule has 90 valence electrons. The molecule has 0 aliphatic heterocycles. The molecule has 0 saturated heterocycles. The maximum absolute atomic E-state index is 11.6. The summed E-state index contributed by atoms with van der Waals surface area (Å²) >= 11 is 0. The summed E-state index contributed by atoms with van der Waals surface area (Å²) in [5.74, 6) is -0.565. The fourth-order valence-corrected chi connectivity index (χ4v) is 1.10. The highest BCUT2D eigenvalue weighted by molar-refractivity contribution is 5.94. The van der Waals surface area contributed by atoms with E-state index in [4.69, 9.17) is 4.74 Å². The van der Waals surface area contributed by atoms with Gasteiger partial charge in [-0.15, -0.1) is 0 Å². The highest BCUT2D eigenvalue weighted by Gasteiger charge is 2.10. The standard InChI is InChI=1S/C12H14N2O3/c1-2-7-17-12(16)11(14-9-15)8-10-5-3-4-6-13-10/h3-6,8-9H,2,7H2,1H3,(H,14,15)/b11-8-. The van der Waals surface area contributed by atoms with Crippen molar-refractivity contribution < 1.29 is 14.3 Å². The van der Waals surface area contributed by atoms with Crippen LogP contribution in [0.5, 0.6) is 0 Å². The number of aromatic nitrogens is 1. The summed E-state index contributed by atoms with van der Waals surface area (Å²) in [6.45, 7) is 2.21. The summed E-state index contributed by atoms with van der Waals surface area (Å²) in [6.07, 6.45) is 4.22. The van der Waals surface area contributed by atoms with Crippen molar-refractivity contribution in [2.45, 2.75) is 13.3 Å². The molecule has 0 aliphatic rings. The minimum Gasteiger partial charge on any atom is -0.461 e. The summed E-state index contributed by atoms with van der Waals surface area (Å²) < 4.78 is 4.92. The third-order valence-corrected chi connectivity index (χ3v) is 1.85. The number of pyridine rings is 1. The molecule has 1 amide bonds. The molecule has 0 unspecified atom stereocenters. The number of carbonyl (C=O) groups excluding carboxylic acids is 2. The largest absolute Gasteiger partial charge is 0.461 e. The van der Waals surface area contributed by atoms with Gasteiger partial charge < -0.3 is 10.1 Å². The summed E-state index contributed by atoms with van der Waals surface area (Å²) in [5, 5.41) is 2.31. The van der Waals surface area contributed by atoms with Crippen molar-refractivity contribution in [3.63, 3.8) is 0 Å². The average Bonchev–Trinajstić information content (AvgIpc) is 2.36. The number of hydrogen-bond donors (Lipinski definition) is 1. The monoisotopic (exact) mass is 234 g/mol. The molecule has 0 spiro atoms. The lowest BCUT2D eigenvalue weighted by molar-refractivity contribution is -0.139. The molecular formula is C12H14N2O3. The van der Waals surface area contributed by atoms with Crippen LogP contribution in [-0.2, 0) is 14.3 Å². The first kappa shape index (κ1) is 12.9. The Hall–Kier alpha value is -2.17. The average molecular weight is 234 g/mol. The molecular weight excluding hydrogens is 220 g/mol. The van der Waals surface area contributed by atoms with Gasteiger partial charge in [-0.25, -0.2) is 4.79 Å². The Morgan fingerprint density at radius 3 is 2.94 bits per heavy atom. The molecule has 0 aromatic carbocycles. The predicted octanol–water partition coefficient (Wildman–Crippen LogP) is 1.12. The van der Waals surface area contributed by atoms with Crippen LogP contribution in [0.1, 0.15) is 19.0 Å². The Bertz CT molecular complexity index is 401. The normalized spacial score (nSPS) is 10.8. The highest BCUT2D eigenvalue weighted by Crippen LogP contribution is 2.03. The predicted molar refractivity (Wildman–Crippen MR) is 62.7 cm³/mol. The molecule has 1 N–H and O–H groups in total. The minimum absolute atomic E-state index is 0.0761. The second-order valence-electron chi connectivity index (χ2n) is 3.21. The van der Waals surface area contributed by atoms with Crippen molar-refractivity contribution >= 4 is 18.5 Å². The van der Waals surface area contributed by atoms with Gasteiger partial charge in [0, 0.05) is 6.20 Å². The smallest absolute Gasteiger partial charge is 0.354 e. The van der Waals surface area contributed by atoms with Crippen molar-refractivity contribution in [1.82, 2.24) is 10.3 Å². The zero-order valence-corrected chi connectivity index (χ0v) is 9.55. The fourth-order valence-electron chi connectivity index (χ4n) is 1.10. The van der Waals surface area contributed by atoms with E-state index in [1.54, 1.807) is 24.4 Å². The lowest BCUT2D eigenvalue weighted by Crippen LogP contribution is -2.21. The zero-order chi connectivity index (χ0) is 12.5. The van der Waals surface area contributed by atoms with E-state index in [0.717, 1.165) is 6.42 Å². The third kappa shape index (κ3) is 4.46. The van der Waals surface area contributed by atoms with Crippen LogP contribution >= 0.6 is 0 Å². The van der Waals surface area contributed by atoms with E-state index < -0.39 is 5.97 Å². The first-order valence-corrected chi connectivity index (χ1v) is 5.28. The van der Waals surface area contributed by atoms with Crippen LogP contribution in [0.2, 0.25) is 0 Å². The molecule has 1 rings (SSSR count). The second kappa shape index (κ2) is 7.16. The third-order valence-electron chi connectivity index (χ3n) is 1.85. The fraction of sp³-hybridized carbons (Fsp3) is 0.250. The SMILES string of the molecule is CCCOC(=O)/C(=C/c1ccccn1)NC=O. The Balaban J connectivity index is 2.81. The van der Waals surface area contributed by atoms with E-state index in [-0.39, 0.29) is 5.70 Å². The Kier molecular flexibility index (Phi) is 5.43. The number of hydrogen-bond acceptors (Lipinski definition) is 4. The van der Waals surface area contributed by atoms with E-state index in [0.29, 0.717) is 18.7 Å². The summed E-state index contributed by atoms with van der Waals surface area (Å²) in [4.78, 5) is 26.0. The van der Waals surface area contributed by atoms with Gasteiger partial charge in [0.1, 0.15) is 5.70 Å². The van der Waals surface area contributed by atoms with E-state index in [9.17, 15) is 9.59 Å². The van der Waals surface area contributed by atoms with Gasteiger partial charge in [0.25, 0.3) is 0 Å². The van der Waals surface area contributed by atoms with Crippen LogP contribution in [0, 0.1) is 0 Å². The molecule has 0 fully saturated rings. The lowest BCUT2D eigenvalue weighted by atomic mass is 10.3. The van der Waals surface area contributed by atoms with Crippen LogP contribution in [0.15, 0.2) is 30.1 Å². The molecule has 0 saturated carbocycles. The Labute approximate surface area is 99.5 Å². The van der Waals surface area contributed by atoms with Crippen molar-refractivity contribution in [3.05, 3.63) is 35.8 Å². The first-order chi connectivity index (χ1) is 8.27. The van der Waals surface area contributed by atoms with Crippen LogP contribution in [0.25, 0.3) is 6.08 Å². The number of nitrogens with one attached hydrogen (secondary N) is 1. The van der Waals surface area contributed by atoms with Gasteiger partial charge in [-0.2, -0.15) is 0 Å². The molecule has 1 heterocycles. The molecule has 0 bridgehead atoms. The number of esters is 1. The van der Waals surface area contributed by atoms with Gasteiger partial charge in [-0.3, -0.25) is 9.78 Å². The molecule has 5 nitrogen and oxygen atoms in total. The van der Waals surface area contributed by atoms with Crippen molar-refractivity contribution in [2.24, 2.45) is 0 Å². The van der Waals surface area contributed by atoms with E-state index in [2.05, 4.69) is 10.3 Å². The van der Waals surface area contributed by atoms with Gasteiger partial charge in [-0.05, 0) is 24.6 Å². The van der Waals surface area contributed by atoms with Crippen molar-refractivity contribution in [2.75, 3.05) is 6.61 Å². The molecule has 17 heavy (non-hydrogen) atoms. The number of nitrogens with zero attached hydrogens (tertiary/aromatic N) is 1. The van der Waals surface area contributed by atoms with Gasteiger partial charge in [0.2, 0.25) is 6.41 Å². The second-order valence-corrected chi connectivity index (χ2v) is 3.21. The summed E-state index contributed by atoms with van der Waals surface area (Å²) in [5.41, 5.74) is 0.650.